The molecule has 3 nitrogen and oxygen atoms in total. The minimum atomic E-state index is 0.209. The molecular formula is C22H26N2O. The Labute approximate surface area is 150 Å². The Balaban J connectivity index is 2.04. The molecule has 130 valence electrons. The molecule has 3 heteroatoms. The summed E-state index contributed by atoms with van der Waals surface area (Å²) in [5, 5.41) is 18.0. The normalized spacial score (nSPS) is 12.3. The fourth-order valence-corrected chi connectivity index (χ4v) is 2.49. The monoisotopic (exact) mass is 334 g/mol. The average Bonchev–Trinajstić information content (AvgIpc) is 2.64. The number of hydrogen-bond donors (Lipinski definition) is 1. The van der Waals surface area contributed by atoms with Gasteiger partial charge >= 0.3 is 0 Å². The van der Waals surface area contributed by atoms with Crippen molar-refractivity contribution in [1.29, 1.82) is 0 Å². The maximum atomic E-state index is 9.73. The van der Waals surface area contributed by atoms with Gasteiger partial charge < -0.3 is 5.11 Å². The number of benzene rings is 2. The summed E-state index contributed by atoms with van der Waals surface area (Å²) in [7, 11) is 0. The predicted octanol–water partition coefficient (Wildman–Crippen LogP) is 5.85. The number of allylic oxidation sites excluding steroid dienone is 1. The minimum absolute atomic E-state index is 0.209. The van der Waals surface area contributed by atoms with Crippen molar-refractivity contribution in [3.8, 4) is 5.75 Å². The quantitative estimate of drug-likeness (QED) is 0.349. The third-order valence-corrected chi connectivity index (χ3v) is 3.89. The lowest BCUT2D eigenvalue weighted by Gasteiger charge is -2.02. The summed E-state index contributed by atoms with van der Waals surface area (Å²) in [5.74, 6) is 0.209. The summed E-state index contributed by atoms with van der Waals surface area (Å²) in [5.41, 5.74) is 3.00. The highest BCUT2D eigenvalue weighted by atomic mass is 16.3. The molecule has 0 spiro atoms. The lowest BCUT2D eigenvalue weighted by Crippen LogP contribution is -1.88. The molecule has 0 aliphatic carbocycles. The van der Waals surface area contributed by atoms with Gasteiger partial charge in [-0.3, -0.25) is 0 Å². The van der Waals surface area contributed by atoms with Crippen LogP contribution in [0.25, 0.3) is 6.08 Å². The van der Waals surface area contributed by atoms with Crippen LogP contribution in [0.5, 0.6) is 5.75 Å². The first kappa shape index (κ1) is 18.7. The minimum Gasteiger partial charge on any atom is -0.507 e. The van der Waals surface area contributed by atoms with E-state index < -0.39 is 0 Å². The van der Waals surface area contributed by atoms with Gasteiger partial charge in [-0.05, 0) is 36.1 Å². The molecular weight excluding hydrogens is 308 g/mol. The zero-order chi connectivity index (χ0) is 17.7. The Kier molecular flexibility index (Phi) is 8.19. The van der Waals surface area contributed by atoms with Gasteiger partial charge in [0, 0.05) is 5.56 Å². The molecule has 0 aliphatic rings. The van der Waals surface area contributed by atoms with Crippen LogP contribution in [0.3, 0.4) is 0 Å². The van der Waals surface area contributed by atoms with Crippen molar-refractivity contribution in [1.82, 2.24) is 0 Å². The highest BCUT2D eigenvalue weighted by molar-refractivity contribution is 5.87. The molecule has 0 aliphatic heterocycles. The zero-order valence-corrected chi connectivity index (χ0v) is 14.8. The summed E-state index contributed by atoms with van der Waals surface area (Å²) < 4.78 is 0. The smallest absolute Gasteiger partial charge is 0.124 e. The molecule has 0 fully saturated rings. The van der Waals surface area contributed by atoms with Gasteiger partial charge in [0.25, 0.3) is 0 Å². The lowest BCUT2D eigenvalue weighted by molar-refractivity contribution is 0.474. The molecule has 0 atom stereocenters. The Morgan fingerprint density at radius 2 is 1.68 bits per heavy atom. The van der Waals surface area contributed by atoms with Crippen LogP contribution >= 0.6 is 0 Å². The van der Waals surface area contributed by atoms with E-state index in [1.54, 1.807) is 24.4 Å². The summed E-state index contributed by atoms with van der Waals surface area (Å²) in [6.45, 7) is 2.22. The van der Waals surface area contributed by atoms with Crippen molar-refractivity contribution in [3.63, 3.8) is 0 Å². The second-order valence-electron chi connectivity index (χ2n) is 5.99. The van der Waals surface area contributed by atoms with E-state index in [2.05, 4.69) is 35.3 Å². The van der Waals surface area contributed by atoms with Crippen molar-refractivity contribution >= 4 is 18.5 Å². The third-order valence-electron chi connectivity index (χ3n) is 3.89. The van der Waals surface area contributed by atoms with Crippen LogP contribution < -0.4 is 0 Å². The van der Waals surface area contributed by atoms with Crippen LogP contribution in [0.1, 0.15) is 50.2 Å². The highest BCUT2D eigenvalue weighted by Gasteiger charge is 1.97. The molecule has 2 aromatic rings. The van der Waals surface area contributed by atoms with E-state index in [9.17, 15) is 5.11 Å². The van der Waals surface area contributed by atoms with Crippen LogP contribution in [-0.4, -0.2) is 17.5 Å². The summed E-state index contributed by atoms with van der Waals surface area (Å²) in [6.07, 6.45) is 11.4. The number of phenolic OH excluding ortho intramolecular Hbond substituents is 1. The van der Waals surface area contributed by atoms with E-state index in [1.807, 2.05) is 30.5 Å². The van der Waals surface area contributed by atoms with E-state index in [0.717, 1.165) is 18.4 Å². The Bertz CT molecular complexity index is 718. The van der Waals surface area contributed by atoms with Gasteiger partial charge in [-0.15, -0.1) is 0 Å². The van der Waals surface area contributed by atoms with Gasteiger partial charge in [-0.1, -0.05) is 74.7 Å². The first-order valence-corrected chi connectivity index (χ1v) is 8.89. The molecule has 0 bridgehead atoms. The van der Waals surface area contributed by atoms with Gasteiger partial charge in [0.1, 0.15) is 5.75 Å². The first-order valence-electron chi connectivity index (χ1n) is 8.89. The first-order chi connectivity index (χ1) is 12.3. The van der Waals surface area contributed by atoms with Gasteiger partial charge in [-0.2, -0.15) is 10.2 Å². The molecule has 2 aromatic carbocycles. The van der Waals surface area contributed by atoms with E-state index >= 15 is 0 Å². The molecule has 0 amide bonds. The molecule has 1 N–H and O–H groups in total. The Morgan fingerprint density at radius 1 is 0.920 bits per heavy atom. The highest BCUT2D eigenvalue weighted by Crippen LogP contribution is 2.14. The van der Waals surface area contributed by atoms with Gasteiger partial charge in [0.15, 0.2) is 0 Å². The number of phenols is 1. The van der Waals surface area contributed by atoms with Crippen molar-refractivity contribution in [2.75, 3.05) is 0 Å². The van der Waals surface area contributed by atoms with Crippen LogP contribution in [0.2, 0.25) is 0 Å². The topological polar surface area (TPSA) is 45.0 Å². The molecule has 25 heavy (non-hydrogen) atoms. The summed E-state index contributed by atoms with van der Waals surface area (Å²) >= 11 is 0. The predicted molar refractivity (Wildman–Crippen MR) is 107 cm³/mol. The van der Waals surface area contributed by atoms with E-state index in [0.29, 0.717) is 5.56 Å². The Morgan fingerprint density at radius 3 is 2.44 bits per heavy atom. The second kappa shape index (κ2) is 11.0. The number of rotatable bonds is 9. The van der Waals surface area contributed by atoms with Crippen LogP contribution in [0.15, 0.2) is 70.4 Å². The molecule has 0 saturated heterocycles. The van der Waals surface area contributed by atoms with E-state index in [1.165, 1.54) is 24.8 Å². The Hall–Kier alpha value is -2.68. The largest absolute Gasteiger partial charge is 0.507 e. The maximum absolute atomic E-state index is 9.73. The number of nitrogens with zero attached hydrogens (tertiary/aromatic N) is 2. The second-order valence-corrected chi connectivity index (χ2v) is 5.99. The maximum Gasteiger partial charge on any atom is 0.124 e. The van der Waals surface area contributed by atoms with Crippen LogP contribution in [0.4, 0.5) is 0 Å². The van der Waals surface area contributed by atoms with E-state index in [4.69, 9.17) is 0 Å². The lowest BCUT2D eigenvalue weighted by atomic mass is 10.0. The van der Waals surface area contributed by atoms with Crippen molar-refractivity contribution in [3.05, 3.63) is 71.3 Å². The number of aromatic hydroxyl groups is 1. The summed E-state index contributed by atoms with van der Waals surface area (Å²) in [4.78, 5) is 0. The van der Waals surface area contributed by atoms with Gasteiger partial charge in [0.05, 0.1) is 12.4 Å². The van der Waals surface area contributed by atoms with Crippen molar-refractivity contribution in [2.45, 2.75) is 39.0 Å². The fourth-order valence-electron chi connectivity index (χ4n) is 2.49. The average molecular weight is 334 g/mol. The SMILES string of the molecule is CCCCCCC(=C/c1ccccc1)/C=N/N=C/c1ccccc1O. The standard InChI is InChI=1S/C22H26N2O/c1-2-3-4-6-13-20(16-19-11-7-5-8-12-19)17-23-24-18-21-14-9-10-15-22(21)25/h5,7-12,14-18,25H,2-4,6,13H2,1H3/b20-16-,23-17+,24-18+. The number of unbranched alkanes of at least 4 members (excludes halogenated alkanes) is 3. The molecule has 2 rings (SSSR count). The van der Waals surface area contributed by atoms with Crippen LogP contribution in [-0.2, 0) is 0 Å². The van der Waals surface area contributed by atoms with Gasteiger partial charge in [-0.25, -0.2) is 0 Å². The van der Waals surface area contributed by atoms with Gasteiger partial charge in [0.2, 0.25) is 0 Å². The number of para-hydroxylation sites is 1. The zero-order valence-electron chi connectivity index (χ0n) is 14.8. The van der Waals surface area contributed by atoms with Crippen molar-refractivity contribution in [2.24, 2.45) is 10.2 Å². The molecule has 0 heterocycles. The number of hydrogen-bond acceptors (Lipinski definition) is 3. The third kappa shape index (κ3) is 7.17. The fraction of sp³-hybridized carbons (Fsp3) is 0.273. The molecule has 0 aromatic heterocycles. The molecule has 0 radical (unpaired) electrons. The summed E-state index contributed by atoms with van der Waals surface area (Å²) in [6, 6.07) is 17.4. The van der Waals surface area contributed by atoms with Crippen LogP contribution in [0, 0.1) is 0 Å². The van der Waals surface area contributed by atoms with E-state index in [-0.39, 0.29) is 5.75 Å². The molecule has 0 saturated carbocycles. The molecule has 0 unspecified atom stereocenters. The van der Waals surface area contributed by atoms with Crippen molar-refractivity contribution < 1.29 is 5.11 Å².